The molecule has 0 amide bonds. The van der Waals surface area contributed by atoms with Crippen LogP contribution in [0.3, 0.4) is 0 Å². The van der Waals surface area contributed by atoms with E-state index >= 15 is 0 Å². The van der Waals surface area contributed by atoms with E-state index < -0.39 is 0 Å². The summed E-state index contributed by atoms with van der Waals surface area (Å²) in [5.41, 5.74) is 35.8. The Morgan fingerprint density at radius 3 is 1.74 bits per heavy atom. The maximum absolute atomic E-state index is 6.97. The fourth-order valence-corrected chi connectivity index (χ4v) is 20.0. The highest BCUT2D eigenvalue weighted by Gasteiger charge is 2.59. The lowest BCUT2D eigenvalue weighted by Gasteiger charge is -2.52. The van der Waals surface area contributed by atoms with Gasteiger partial charge in [0, 0.05) is 67.2 Å². The molecule has 0 radical (unpaired) electrons. The molecule has 5 aliphatic carbocycles. The Kier molecular flexibility index (Phi) is 11.2. The minimum absolute atomic E-state index is 0.0343. The van der Waals surface area contributed by atoms with Crippen molar-refractivity contribution in [2.24, 2.45) is 0 Å². The highest BCUT2D eigenvalue weighted by atomic mass is 16.3. The lowest BCUT2D eigenvalue weighted by atomic mass is 9.32. The van der Waals surface area contributed by atoms with Gasteiger partial charge in [-0.1, -0.05) is 229 Å². The molecule has 94 heavy (non-hydrogen) atoms. The van der Waals surface area contributed by atoms with Gasteiger partial charge in [0.2, 0.25) is 0 Å². The highest BCUT2D eigenvalue weighted by molar-refractivity contribution is 7.00. The summed E-state index contributed by atoms with van der Waals surface area (Å²) in [4.78, 5) is 8.44. The molecule has 1 fully saturated rings. The van der Waals surface area contributed by atoms with E-state index in [1.54, 1.807) is 0 Å². The highest BCUT2D eigenvalue weighted by Crippen LogP contribution is 2.65. The topological polar surface area (TPSA) is 22.9 Å². The van der Waals surface area contributed by atoms with Gasteiger partial charge in [-0.05, 0) is 204 Å². The minimum Gasteiger partial charge on any atom is -0.456 e. The molecule has 0 bridgehead atoms. The first-order valence-electron chi connectivity index (χ1n) is 35.1. The summed E-state index contributed by atoms with van der Waals surface area (Å²) in [6.45, 7) is 32.1. The summed E-state index contributed by atoms with van der Waals surface area (Å²) in [5.74, 6) is 0.299. The molecule has 4 heterocycles. The van der Waals surface area contributed by atoms with Gasteiger partial charge in [0.15, 0.2) is 0 Å². The van der Waals surface area contributed by atoms with Crippen molar-refractivity contribution in [1.82, 2.24) is 0 Å². The van der Waals surface area contributed by atoms with E-state index in [1.807, 2.05) is 0 Å². The molecule has 1 saturated carbocycles. The molecule has 8 aliphatic rings. The van der Waals surface area contributed by atoms with Gasteiger partial charge in [0.05, 0.1) is 22.3 Å². The van der Waals surface area contributed by atoms with Gasteiger partial charge >= 0.3 is 0 Å². The monoisotopic (exact) mass is 1220 g/mol. The Morgan fingerprint density at radius 1 is 0.447 bits per heavy atom. The summed E-state index contributed by atoms with van der Waals surface area (Å²) in [6.07, 6.45) is 9.40. The van der Waals surface area contributed by atoms with Crippen molar-refractivity contribution < 1.29 is 4.42 Å². The van der Waals surface area contributed by atoms with Crippen LogP contribution in [0.4, 0.5) is 45.5 Å². The van der Waals surface area contributed by atoms with Gasteiger partial charge in [-0.2, -0.15) is 0 Å². The van der Waals surface area contributed by atoms with Crippen LogP contribution in [-0.2, 0) is 32.5 Å². The quantitative estimate of drug-likeness (QED) is 0.164. The van der Waals surface area contributed by atoms with Crippen molar-refractivity contribution in [2.45, 2.75) is 172 Å². The normalized spacial score (nSPS) is 22.1. The van der Waals surface area contributed by atoms with Crippen LogP contribution >= 0.6 is 0 Å². The van der Waals surface area contributed by atoms with Gasteiger partial charge in [0.25, 0.3) is 6.71 Å². The Balaban J connectivity index is 0.967. The van der Waals surface area contributed by atoms with Crippen molar-refractivity contribution in [3.05, 3.63) is 250 Å². The number of furan rings is 1. The number of nitrogens with zero attached hydrogens (tertiary/aromatic N) is 3. The van der Waals surface area contributed by atoms with Crippen LogP contribution < -0.4 is 31.1 Å². The molecule has 0 N–H and O–H groups in total. The first-order valence-corrected chi connectivity index (χ1v) is 35.1. The van der Waals surface area contributed by atoms with Crippen LogP contribution in [0.25, 0.3) is 49.8 Å². The molecule has 5 heteroatoms. The molecule has 4 nitrogen and oxygen atoms in total. The number of hydrogen-bond donors (Lipinski definition) is 0. The molecule has 0 saturated heterocycles. The Labute approximate surface area is 556 Å². The van der Waals surface area contributed by atoms with Gasteiger partial charge < -0.3 is 19.1 Å². The van der Waals surface area contributed by atoms with Gasteiger partial charge in [-0.3, -0.25) is 0 Å². The largest absolute Gasteiger partial charge is 0.456 e. The van der Waals surface area contributed by atoms with Gasteiger partial charge in [-0.25, -0.2) is 0 Å². The van der Waals surface area contributed by atoms with Crippen LogP contribution in [0.5, 0.6) is 0 Å². The van der Waals surface area contributed by atoms with E-state index in [4.69, 9.17) is 4.42 Å². The van der Waals surface area contributed by atoms with Crippen molar-refractivity contribution in [3.8, 4) is 22.3 Å². The molecule has 3 unspecified atom stereocenters. The second-order valence-corrected chi connectivity index (χ2v) is 33.3. The summed E-state index contributed by atoms with van der Waals surface area (Å²) < 4.78 is 6.97. The predicted octanol–water partition coefficient (Wildman–Crippen LogP) is 21.9. The third-order valence-corrected chi connectivity index (χ3v) is 25.6. The third-order valence-electron chi connectivity index (χ3n) is 25.6. The average Bonchev–Trinajstić information content (AvgIpc) is 1.63. The van der Waals surface area contributed by atoms with Crippen molar-refractivity contribution in [3.63, 3.8) is 0 Å². The zero-order valence-corrected chi connectivity index (χ0v) is 57.1. The first kappa shape index (κ1) is 56.7. The van der Waals surface area contributed by atoms with E-state index in [-0.39, 0.29) is 44.7 Å². The van der Waals surface area contributed by atoms with Crippen LogP contribution in [0, 0.1) is 0 Å². The van der Waals surface area contributed by atoms with Gasteiger partial charge in [-0.15, -0.1) is 0 Å². The fraction of sp³-hybridized carbons (Fsp3) is 0.303. The molecule has 3 atom stereocenters. The Morgan fingerprint density at radius 2 is 1.02 bits per heavy atom. The van der Waals surface area contributed by atoms with Gasteiger partial charge in [0.1, 0.15) is 11.2 Å². The Bertz CT molecular complexity index is 5220. The van der Waals surface area contributed by atoms with E-state index in [2.05, 4.69) is 299 Å². The SMILES string of the molecule is CC(C)(C)c1ccc(-c2ccc3c(c2)C2(C)CCCCC2(C)N3c2cc3c4c(c2)N(c2cccc5oc6ccccc6c25)c2cc5c(cc2B4c2cc4c(cc2N3c2cccc3c2C2=CC2c2ccccc2-3)C(C)(C)CCC4(C)C)C(C)(C)c2ccccc2C5(C)C)cc1. The zero-order chi connectivity index (χ0) is 64.3. The molecule has 11 aromatic rings. The smallest absolute Gasteiger partial charge is 0.252 e. The minimum atomic E-state index is -0.299. The van der Waals surface area contributed by atoms with Crippen molar-refractivity contribution >= 4 is 96.1 Å². The number of benzene rings is 10. The Hall–Kier alpha value is -8.80. The van der Waals surface area contributed by atoms with Crippen LogP contribution in [-0.4, -0.2) is 12.3 Å². The van der Waals surface area contributed by atoms with Crippen LogP contribution in [0.15, 0.2) is 199 Å². The number of fused-ring (bicyclic) bond motifs is 19. The third kappa shape index (κ3) is 7.37. The van der Waals surface area contributed by atoms with Crippen LogP contribution in [0.1, 0.15) is 190 Å². The average molecular weight is 1220 g/mol. The first-order chi connectivity index (χ1) is 45.0. The molecule has 1 aromatic heterocycles. The van der Waals surface area contributed by atoms with Crippen molar-refractivity contribution in [2.75, 3.05) is 14.7 Å². The zero-order valence-electron chi connectivity index (χ0n) is 57.1. The van der Waals surface area contributed by atoms with E-state index in [9.17, 15) is 0 Å². The molecular weight excluding hydrogens is 1140 g/mol. The summed E-state index contributed by atoms with van der Waals surface area (Å²) >= 11 is 0. The molecule has 19 rings (SSSR count). The van der Waals surface area contributed by atoms with Crippen LogP contribution in [0.2, 0.25) is 0 Å². The number of rotatable bonds is 4. The summed E-state index contributed by atoms with van der Waals surface area (Å²) in [6, 6.07) is 74.6. The van der Waals surface area contributed by atoms with E-state index in [1.165, 1.54) is 153 Å². The maximum atomic E-state index is 6.97. The molecule has 0 spiro atoms. The standard InChI is InChI=1S/C89H84BN3O/c1-83(2,3)54-37-34-52(35-38-54)53-36-39-71-68(44-53)88(12)40-20-21-41-89(88,13)93(71)55-45-76-82-77(46-55)92(73-31-23-33-79-81(73)59-26-16-19-32-78(59)94-79)75-51-67-66(86(8,9)62-28-17-18-29-63(62)87(67,10)11)49-70(75)90(82)69-48-64-65(85(6,7)43-42-84(64,4)5)50-74(69)91(76)72-30-22-27-58-56-24-14-15-25-57(56)60-47-61(60)80(58)72/h14-19,22-39,44-51,60H,20-21,40-43H2,1-13H3. The number of para-hydroxylation sites is 1. The number of hydrogen-bond acceptors (Lipinski definition) is 4. The lowest BCUT2D eigenvalue weighted by Crippen LogP contribution is -2.62. The molecular formula is C89H84BN3O. The maximum Gasteiger partial charge on any atom is 0.252 e. The second kappa shape index (κ2) is 18.6. The summed E-state index contributed by atoms with van der Waals surface area (Å²) in [7, 11) is 0. The molecule has 3 aliphatic heterocycles. The van der Waals surface area contributed by atoms with Crippen molar-refractivity contribution in [1.29, 1.82) is 0 Å². The fourth-order valence-electron chi connectivity index (χ4n) is 20.0. The van der Waals surface area contributed by atoms with E-state index in [0.29, 0.717) is 5.92 Å². The number of allylic oxidation sites excluding steroid dienone is 2. The summed E-state index contributed by atoms with van der Waals surface area (Å²) in [5, 5.41) is 2.27. The predicted molar refractivity (Wildman–Crippen MR) is 397 cm³/mol. The lowest BCUT2D eigenvalue weighted by molar-refractivity contribution is 0.195. The van der Waals surface area contributed by atoms with E-state index in [0.717, 1.165) is 53.3 Å². The molecule has 464 valence electrons. The second-order valence-electron chi connectivity index (χ2n) is 33.3. The number of anilines is 8. The molecule has 10 aromatic carbocycles.